The summed E-state index contributed by atoms with van der Waals surface area (Å²) in [5.41, 5.74) is 1.00. The Morgan fingerprint density at radius 3 is 1.89 bits per heavy atom. The van der Waals surface area contributed by atoms with E-state index in [-0.39, 0.29) is 46.8 Å². The van der Waals surface area contributed by atoms with Gasteiger partial charge in [-0.2, -0.15) is 0 Å². The number of aryl methyl sites for hydroxylation is 1. The number of benzene rings is 1. The third kappa shape index (κ3) is 11.4. The molecule has 1 aromatic carbocycles. The van der Waals surface area contributed by atoms with Crippen LogP contribution in [0.3, 0.4) is 0 Å². The van der Waals surface area contributed by atoms with E-state index < -0.39 is 20.1 Å². The van der Waals surface area contributed by atoms with E-state index >= 15 is 0 Å². The second-order valence-corrected chi connectivity index (χ2v) is 9.68. The molecule has 0 aliphatic carbocycles. The van der Waals surface area contributed by atoms with Crippen molar-refractivity contribution in [3.63, 3.8) is 0 Å². The van der Waals surface area contributed by atoms with Crippen LogP contribution >= 0.6 is 11.8 Å². The van der Waals surface area contributed by atoms with E-state index in [2.05, 4.69) is 4.90 Å². The molecular weight excluding hydrogens is 441 g/mol. The number of aliphatic hydroxyl groups excluding tert-OH is 1. The van der Waals surface area contributed by atoms with Crippen molar-refractivity contribution in [2.45, 2.75) is 11.8 Å². The summed E-state index contributed by atoms with van der Waals surface area (Å²) in [6.45, 7) is 6.16. The molecular formula is C15H25ClN3NaO6S2. The minimum atomic E-state index is -4.09. The fourth-order valence-corrected chi connectivity index (χ4v) is 3.71. The zero-order chi connectivity index (χ0) is 20.5. The van der Waals surface area contributed by atoms with Gasteiger partial charge < -0.3 is 9.66 Å². The van der Waals surface area contributed by atoms with Crippen LogP contribution in [0.1, 0.15) is 5.56 Å². The van der Waals surface area contributed by atoms with Crippen molar-refractivity contribution in [3.8, 4) is 0 Å². The fraction of sp³-hybridized carbons (Fsp3) is 0.600. The SMILES string of the molecule is Cc1ccc(S(=O)(=O)NCl)cc1.O=S(=O)([O-])CCN1CCN(CCO)CC1.[Na+]. The van der Waals surface area contributed by atoms with E-state index in [9.17, 15) is 21.4 Å². The van der Waals surface area contributed by atoms with Crippen molar-refractivity contribution >= 4 is 31.9 Å². The van der Waals surface area contributed by atoms with Crippen molar-refractivity contribution in [2.24, 2.45) is 0 Å². The number of piperazine rings is 1. The van der Waals surface area contributed by atoms with Gasteiger partial charge in [-0.15, -0.1) is 4.24 Å². The molecule has 13 heteroatoms. The Labute approximate surface area is 194 Å². The average molecular weight is 466 g/mol. The van der Waals surface area contributed by atoms with Gasteiger partial charge in [-0.25, -0.2) is 16.8 Å². The predicted molar refractivity (Wildman–Crippen MR) is 102 cm³/mol. The summed E-state index contributed by atoms with van der Waals surface area (Å²) < 4.78 is 55.1. The van der Waals surface area contributed by atoms with Crippen LogP contribution in [0.2, 0.25) is 0 Å². The smallest absolute Gasteiger partial charge is 0.748 e. The van der Waals surface area contributed by atoms with E-state index in [1.807, 2.05) is 11.8 Å². The molecule has 1 saturated heterocycles. The molecule has 0 unspecified atom stereocenters. The second-order valence-electron chi connectivity index (χ2n) is 6.06. The molecule has 1 fully saturated rings. The van der Waals surface area contributed by atoms with Gasteiger partial charge in [0, 0.05) is 39.3 Å². The molecule has 156 valence electrons. The molecule has 9 nitrogen and oxygen atoms in total. The molecule has 0 spiro atoms. The molecule has 28 heavy (non-hydrogen) atoms. The van der Waals surface area contributed by atoms with Crippen LogP contribution in [0.25, 0.3) is 0 Å². The molecule has 0 amide bonds. The second kappa shape index (κ2) is 13.5. The van der Waals surface area contributed by atoms with Crippen LogP contribution in [-0.2, 0) is 20.1 Å². The summed E-state index contributed by atoms with van der Waals surface area (Å²) in [6, 6.07) is 6.42. The first-order chi connectivity index (χ1) is 12.6. The van der Waals surface area contributed by atoms with Gasteiger partial charge in [-0.1, -0.05) is 17.7 Å². The minimum absolute atomic E-state index is 0. The Kier molecular flexibility index (Phi) is 13.6. The number of halogens is 1. The molecule has 0 aromatic heterocycles. The van der Waals surface area contributed by atoms with E-state index in [0.717, 1.165) is 31.7 Å². The summed E-state index contributed by atoms with van der Waals surface area (Å²) in [5.74, 6) is -0.312. The van der Waals surface area contributed by atoms with E-state index in [1.165, 1.54) is 12.1 Å². The number of aliphatic hydroxyl groups is 1. The summed E-state index contributed by atoms with van der Waals surface area (Å²) >= 11 is 5.03. The van der Waals surface area contributed by atoms with Crippen molar-refractivity contribution in [1.82, 2.24) is 14.0 Å². The molecule has 0 atom stereocenters. The van der Waals surface area contributed by atoms with Gasteiger partial charge in [0.25, 0.3) is 10.0 Å². The molecule has 2 N–H and O–H groups in total. The Morgan fingerprint density at radius 2 is 1.50 bits per heavy atom. The first kappa shape index (κ1) is 28.2. The van der Waals surface area contributed by atoms with Crippen molar-refractivity contribution in [1.29, 1.82) is 0 Å². The number of nitrogens with one attached hydrogen (secondary N) is 1. The third-order valence-electron chi connectivity index (χ3n) is 3.97. The number of rotatable bonds is 7. The van der Waals surface area contributed by atoms with Gasteiger partial charge in [0.15, 0.2) is 0 Å². The maximum absolute atomic E-state index is 11.1. The topological polar surface area (TPSA) is 130 Å². The van der Waals surface area contributed by atoms with Gasteiger partial charge in [0.05, 0.1) is 27.4 Å². The first-order valence-corrected chi connectivity index (χ1v) is 11.7. The maximum atomic E-state index is 11.1. The van der Waals surface area contributed by atoms with Crippen LogP contribution in [0.4, 0.5) is 0 Å². The zero-order valence-corrected chi connectivity index (χ0v) is 20.4. The molecule has 0 radical (unpaired) electrons. The Bertz CT molecular complexity index is 769. The summed E-state index contributed by atoms with van der Waals surface area (Å²) in [5, 5.41) is 8.72. The van der Waals surface area contributed by atoms with Crippen molar-refractivity contribution < 1.29 is 56.1 Å². The molecule has 2 rings (SSSR count). The Balaban J connectivity index is 0.000000514. The van der Waals surface area contributed by atoms with Gasteiger partial charge >= 0.3 is 29.6 Å². The summed E-state index contributed by atoms with van der Waals surface area (Å²) in [7, 11) is -7.59. The monoisotopic (exact) mass is 465 g/mol. The largest absolute Gasteiger partial charge is 1.00 e. The molecule has 1 aliphatic rings. The van der Waals surface area contributed by atoms with Crippen LogP contribution in [-0.4, -0.2) is 87.9 Å². The average Bonchev–Trinajstić information content (AvgIpc) is 2.62. The summed E-state index contributed by atoms with van der Waals surface area (Å²) in [4.78, 5) is 4.24. The predicted octanol–water partition coefficient (Wildman–Crippen LogP) is -3.43. The minimum Gasteiger partial charge on any atom is -0.748 e. The van der Waals surface area contributed by atoms with Gasteiger partial charge in [0.2, 0.25) is 0 Å². The molecule has 1 aromatic rings. The maximum Gasteiger partial charge on any atom is 1.00 e. The van der Waals surface area contributed by atoms with Gasteiger partial charge in [-0.05, 0) is 30.8 Å². The third-order valence-corrected chi connectivity index (χ3v) is 6.36. The van der Waals surface area contributed by atoms with Crippen molar-refractivity contribution in [3.05, 3.63) is 29.8 Å². The van der Waals surface area contributed by atoms with Crippen LogP contribution in [0.5, 0.6) is 0 Å². The molecule has 1 aliphatic heterocycles. The zero-order valence-electron chi connectivity index (χ0n) is 16.0. The van der Waals surface area contributed by atoms with Crippen molar-refractivity contribution in [2.75, 3.05) is 51.6 Å². The van der Waals surface area contributed by atoms with E-state index in [4.69, 9.17) is 16.9 Å². The van der Waals surface area contributed by atoms with E-state index in [0.29, 0.717) is 13.1 Å². The van der Waals surface area contributed by atoms with Crippen LogP contribution in [0, 0.1) is 6.92 Å². The Morgan fingerprint density at radius 1 is 1.04 bits per heavy atom. The fourth-order valence-electron chi connectivity index (χ4n) is 2.38. The number of sulfonamides is 1. The molecule has 0 bridgehead atoms. The number of hydrogen-bond donors (Lipinski definition) is 2. The first-order valence-electron chi connectivity index (χ1n) is 8.25. The van der Waals surface area contributed by atoms with E-state index in [1.54, 1.807) is 16.4 Å². The quantitative estimate of drug-likeness (QED) is 0.242. The number of nitrogens with zero attached hydrogens (tertiary/aromatic N) is 2. The summed E-state index contributed by atoms with van der Waals surface area (Å²) in [6.07, 6.45) is 0. The normalized spacial score (nSPS) is 16.0. The number of hydrogen-bond acceptors (Lipinski definition) is 8. The molecule has 0 saturated carbocycles. The van der Waals surface area contributed by atoms with Gasteiger partial charge in [-0.3, -0.25) is 9.80 Å². The Hall–Kier alpha value is 0.210. The van der Waals surface area contributed by atoms with Gasteiger partial charge in [0.1, 0.15) is 0 Å². The molecule has 1 heterocycles. The number of β-amino-alcohol motifs (C(OH)–C–C–N with tert-alkyl or cyclic N) is 1. The van der Waals surface area contributed by atoms with Crippen LogP contribution < -0.4 is 33.8 Å². The standard InChI is InChI=1S/C8H18N2O4S.C7H8ClNO2S.Na/c11-7-5-9-1-3-10(4-2-9)6-8-15(12,13)14;1-6-2-4-7(5-3-6)12(10,11)9-8;/h11H,1-8H2,(H,12,13,14);2-5,9H,1H3;/q;;+1/p-1. The van der Waals surface area contributed by atoms with Crippen LogP contribution in [0.15, 0.2) is 29.2 Å².